The zero-order chi connectivity index (χ0) is 14.9. The van der Waals surface area contributed by atoms with Gasteiger partial charge in [-0.2, -0.15) is 5.10 Å². The predicted octanol–water partition coefficient (Wildman–Crippen LogP) is 1.65. The number of hydrogen-bond acceptors (Lipinski definition) is 6. The third-order valence-corrected chi connectivity index (χ3v) is 3.45. The van der Waals surface area contributed by atoms with E-state index in [2.05, 4.69) is 15.5 Å². The molecule has 1 aliphatic rings. The van der Waals surface area contributed by atoms with Crippen molar-refractivity contribution in [1.82, 2.24) is 5.32 Å². The third kappa shape index (κ3) is 5.57. The molecule has 1 N–H and O–H groups in total. The van der Waals surface area contributed by atoms with Crippen LogP contribution in [0, 0.1) is 0 Å². The summed E-state index contributed by atoms with van der Waals surface area (Å²) in [6.07, 6.45) is 2.49. The molecule has 1 saturated heterocycles. The molecule has 1 aromatic rings. The molecule has 21 heavy (non-hydrogen) atoms. The van der Waals surface area contributed by atoms with E-state index in [4.69, 9.17) is 9.47 Å². The summed E-state index contributed by atoms with van der Waals surface area (Å²) in [7, 11) is 1.67. The normalized spacial score (nSPS) is 16.6. The van der Waals surface area contributed by atoms with Gasteiger partial charge in [-0.3, -0.25) is 4.79 Å². The van der Waals surface area contributed by atoms with Crippen molar-refractivity contribution in [3.63, 3.8) is 0 Å². The monoisotopic (exact) mass is 307 g/mol. The molecule has 1 amide bonds. The standard InChI is InChI=1S/C14H17N3O3S/c1-19-7-2-8-20-12-5-3-11(4-6-12)9-15-17-14-16-13(18)10-21-14/h3-6,9H,2,7-8,10H2,1H3,(H,16,17,18). The molecule has 0 spiro atoms. The molecule has 0 unspecified atom stereocenters. The second-order valence-electron chi connectivity index (χ2n) is 4.25. The summed E-state index contributed by atoms with van der Waals surface area (Å²) < 4.78 is 10.5. The topological polar surface area (TPSA) is 72.3 Å². The molecule has 0 atom stereocenters. The molecular weight excluding hydrogens is 290 g/mol. The van der Waals surface area contributed by atoms with Crippen molar-refractivity contribution in [2.24, 2.45) is 10.2 Å². The summed E-state index contributed by atoms with van der Waals surface area (Å²) in [5, 5.41) is 11.0. The molecule has 2 rings (SSSR count). The van der Waals surface area contributed by atoms with E-state index in [1.54, 1.807) is 13.3 Å². The SMILES string of the molecule is COCCCOc1ccc(C=NN=C2NC(=O)CS2)cc1. The Morgan fingerprint density at radius 2 is 2.14 bits per heavy atom. The minimum absolute atomic E-state index is 0.0380. The summed E-state index contributed by atoms with van der Waals surface area (Å²) >= 11 is 1.35. The molecule has 1 aromatic carbocycles. The Labute approximate surface area is 127 Å². The largest absolute Gasteiger partial charge is 0.494 e. The quantitative estimate of drug-likeness (QED) is 0.472. The van der Waals surface area contributed by atoms with Gasteiger partial charge in [0.15, 0.2) is 5.17 Å². The minimum Gasteiger partial charge on any atom is -0.494 e. The minimum atomic E-state index is -0.0380. The van der Waals surface area contributed by atoms with Gasteiger partial charge < -0.3 is 14.8 Å². The van der Waals surface area contributed by atoms with Crippen molar-refractivity contribution in [2.75, 3.05) is 26.1 Å². The summed E-state index contributed by atoms with van der Waals surface area (Å²) in [6.45, 7) is 1.32. The Kier molecular flexibility index (Phi) is 6.23. The Hall–Kier alpha value is -1.86. The predicted molar refractivity (Wildman–Crippen MR) is 84.1 cm³/mol. The smallest absolute Gasteiger partial charge is 0.236 e. The molecule has 6 nitrogen and oxygen atoms in total. The fraction of sp³-hybridized carbons (Fsp3) is 0.357. The van der Waals surface area contributed by atoms with Crippen LogP contribution >= 0.6 is 11.8 Å². The number of amidine groups is 1. The lowest BCUT2D eigenvalue weighted by Gasteiger charge is -2.05. The highest BCUT2D eigenvalue weighted by molar-refractivity contribution is 8.15. The number of nitrogens with one attached hydrogen (secondary N) is 1. The van der Waals surface area contributed by atoms with E-state index in [0.717, 1.165) is 17.7 Å². The fourth-order valence-electron chi connectivity index (χ4n) is 1.57. The number of rotatable bonds is 7. The van der Waals surface area contributed by atoms with Crippen LogP contribution in [0.5, 0.6) is 5.75 Å². The van der Waals surface area contributed by atoms with E-state index < -0.39 is 0 Å². The van der Waals surface area contributed by atoms with Gasteiger partial charge in [0.25, 0.3) is 0 Å². The van der Waals surface area contributed by atoms with Gasteiger partial charge in [-0.25, -0.2) is 0 Å². The van der Waals surface area contributed by atoms with Gasteiger partial charge in [-0.15, -0.1) is 5.10 Å². The van der Waals surface area contributed by atoms with Gasteiger partial charge in [0.1, 0.15) is 5.75 Å². The van der Waals surface area contributed by atoms with Crippen LogP contribution in [0.4, 0.5) is 0 Å². The van der Waals surface area contributed by atoms with Crippen LogP contribution in [0.1, 0.15) is 12.0 Å². The molecule has 0 bridgehead atoms. The maximum absolute atomic E-state index is 11.0. The van der Waals surface area contributed by atoms with E-state index in [-0.39, 0.29) is 5.91 Å². The number of amides is 1. The number of carbonyl (C=O) groups is 1. The van der Waals surface area contributed by atoms with Crippen LogP contribution in [0.15, 0.2) is 34.5 Å². The van der Waals surface area contributed by atoms with Crippen LogP contribution < -0.4 is 10.1 Å². The lowest BCUT2D eigenvalue weighted by atomic mass is 10.2. The average molecular weight is 307 g/mol. The maximum atomic E-state index is 11.0. The first kappa shape index (κ1) is 15.5. The first-order chi connectivity index (χ1) is 10.3. The Bertz CT molecular complexity index is 529. The lowest BCUT2D eigenvalue weighted by Crippen LogP contribution is -2.19. The molecule has 0 aliphatic carbocycles. The number of nitrogens with zero attached hydrogens (tertiary/aromatic N) is 2. The summed E-state index contributed by atoms with van der Waals surface area (Å²) in [5.74, 6) is 1.18. The van der Waals surface area contributed by atoms with Gasteiger partial charge in [-0.05, 0) is 29.8 Å². The average Bonchev–Trinajstić information content (AvgIpc) is 2.91. The van der Waals surface area contributed by atoms with Crippen molar-refractivity contribution in [3.05, 3.63) is 29.8 Å². The molecule has 0 radical (unpaired) electrons. The fourth-order valence-corrected chi connectivity index (χ4v) is 2.20. The highest BCUT2D eigenvalue weighted by Gasteiger charge is 2.15. The number of benzene rings is 1. The van der Waals surface area contributed by atoms with Crippen molar-refractivity contribution in [2.45, 2.75) is 6.42 Å². The zero-order valence-corrected chi connectivity index (χ0v) is 12.6. The molecule has 1 fully saturated rings. The lowest BCUT2D eigenvalue weighted by molar-refractivity contribution is -0.116. The highest BCUT2D eigenvalue weighted by atomic mass is 32.2. The van der Waals surface area contributed by atoms with Crippen molar-refractivity contribution < 1.29 is 14.3 Å². The Balaban J connectivity index is 1.80. The third-order valence-electron chi connectivity index (χ3n) is 2.58. The van der Waals surface area contributed by atoms with E-state index in [1.165, 1.54) is 11.8 Å². The maximum Gasteiger partial charge on any atom is 0.236 e. The van der Waals surface area contributed by atoms with Crippen LogP contribution in [-0.4, -0.2) is 43.4 Å². The van der Waals surface area contributed by atoms with Crippen LogP contribution in [0.25, 0.3) is 0 Å². The van der Waals surface area contributed by atoms with Gasteiger partial charge in [0.05, 0.1) is 18.6 Å². The van der Waals surface area contributed by atoms with E-state index in [0.29, 0.717) is 24.1 Å². The van der Waals surface area contributed by atoms with E-state index in [1.807, 2.05) is 24.3 Å². The number of methoxy groups -OCH3 is 1. The molecule has 0 aromatic heterocycles. The molecule has 112 valence electrons. The van der Waals surface area contributed by atoms with Crippen molar-refractivity contribution in [3.8, 4) is 5.75 Å². The van der Waals surface area contributed by atoms with Crippen LogP contribution in [0.3, 0.4) is 0 Å². The van der Waals surface area contributed by atoms with Crippen molar-refractivity contribution >= 4 is 29.1 Å². The Morgan fingerprint density at radius 3 is 2.81 bits per heavy atom. The Morgan fingerprint density at radius 1 is 1.33 bits per heavy atom. The van der Waals surface area contributed by atoms with E-state index >= 15 is 0 Å². The molecule has 1 heterocycles. The van der Waals surface area contributed by atoms with Crippen molar-refractivity contribution in [1.29, 1.82) is 0 Å². The molecule has 7 heteroatoms. The van der Waals surface area contributed by atoms with Gasteiger partial charge in [0.2, 0.25) is 5.91 Å². The summed E-state index contributed by atoms with van der Waals surface area (Å²) in [6, 6.07) is 7.56. The first-order valence-electron chi connectivity index (χ1n) is 6.53. The first-order valence-corrected chi connectivity index (χ1v) is 7.52. The number of carbonyl (C=O) groups excluding carboxylic acids is 1. The van der Waals surface area contributed by atoms with Gasteiger partial charge in [0, 0.05) is 20.1 Å². The summed E-state index contributed by atoms with van der Waals surface area (Å²) in [5.41, 5.74) is 0.915. The molecular formula is C14H17N3O3S. The second kappa shape index (κ2) is 8.43. The number of hydrogen-bond donors (Lipinski definition) is 1. The van der Waals surface area contributed by atoms with E-state index in [9.17, 15) is 4.79 Å². The van der Waals surface area contributed by atoms with Crippen LogP contribution in [0.2, 0.25) is 0 Å². The summed E-state index contributed by atoms with van der Waals surface area (Å²) in [4.78, 5) is 11.0. The van der Waals surface area contributed by atoms with Gasteiger partial charge >= 0.3 is 0 Å². The highest BCUT2D eigenvalue weighted by Crippen LogP contribution is 2.12. The molecule has 1 aliphatic heterocycles. The molecule has 0 saturated carbocycles. The van der Waals surface area contributed by atoms with Gasteiger partial charge in [-0.1, -0.05) is 11.8 Å². The number of ether oxygens (including phenoxy) is 2. The second-order valence-corrected chi connectivity index (χ2v) is 5.21. The number of thioether (sulfide) groups is 1. The van der Waals surface area contributed by atoms with Crippen LogP contribution in [-0.2, 0) is 9.53 Å². The zero-order valence-electron chi connectivity index (χ0n) is 11.7.